The molecule has 2 rings (SSSR count). The normalized spacial score (nSPS) is 23.5. The summed E-state index contributed by atoms with van der Waals surface area (Å²) in [4.78, 5) is 0. The van der Waals surface area contributed by atoms with Crippen molar-refractivity contribution >= 4 is 0 Å². The maximum Gasteiger partial charge on any atom is 0.119 e. The van der Waals surface area contributed by atoms with Gasteiger partial charge < -0.3 is 5.11 Å². The number of azo groups is 1. The first-order valence-electron chi connectivity index (χ1n) is 5.54. The second-order valence-electron chi connectivity index (χ2n) is 4.30. The number of aromatic hydroxyl groups is 1. The fourth-order valence-electron chi connectivity index (χ4n) is 1.83. The highest BCUT2D eigenvalue weighted by Gasteiger charge is 2.30. The van der Waals surface area contributed by atoms with Crippen molar-refractivity contribution in [2.45, 2.75) is 32.2 Å². The SMILES string of the molecule is CC[C@]1(C)N=NC=C1Cc1ccccc1O. The molecule has 1 aliphatic heterocycles. The average Bonchev–Trinajstić information content (AvgIpc) is 2.65. The Kier molecular flexibility index (Phi) is 2.77. The van der Waals surface area contributed by atoms with Crippen molar-refractivity contribution < 1.29 is 5.11 Å². The lowest BCUT2D eigenvalue weighted by Crippen LogP contribution is -2.22. The zero-order valence-corrected chi connectivity index (χ0v) is 9.64. The van der Waals surface area contributed by atoms with Gasteiger partial charge in [-0.3, -0.25) is 0 Å². The largest absolute Gasteiger partial charge is 0.508 e. The molecule has 1 aromatic carbocycles. The second-order valence-corrected chi connectivity index (χ2v) is 4.30. The zero-order valence-electron chi connectivity index (χ0n) is 9.64. The van der Waals surface area contributed by atoms with Crippen LogP contribution in [0.5, 0.6) is 5.75 Å². The molecule has 0 amide bonds. The first-order valence-corrected chi connectivity index (χ1v) is 5.54. The van der Waals surface area contributed by atoms with Crippen molar-refractivity contribution in [3.05, 3.63) is 41.6 Å². The van der Waals surface area contributed by atoms with E-state index in [1.54, 1.807) is 6.07 Å². The van der Waals surface area contributed by atoms with E-state index in [0.29, 0.717) is 12.2 Å². The molecule has 1 atom stereocenters. The summed E-state index contributed by atoms with van der Waals surface area (Å²) in [5.74, 6) is 0.341. The summed E-state index contributed by atoms with van der Waals surface area (Å²) < 4.78 is 0. The smallest absolute Gasteiger partial charge is 0.119 e. The minimum atomic E-state index is -0.192. The van der Waals surface area contributed by atoms with Crippen LogP contribution in [0, 0.1) is 0 Å². The van der Waals surface area contributed by atoms with Crippen LogP contribution in [0.2, 0.25) is 0 Å². The van der Waals surface area contributed by atoms with Crippen LogP contribution in [-0.2, 0) is 6.42 Å². The lowest BCUT2D eigenvalue weighted by Gasteiger charge is -2.21. The van der Waals surface area contributed by atoms with Crippen molar-refractivity contribution in [1.29, 1.82) is 0 Å². The Morgan fingerprint density at radius 3 is 2.75 bits per heavy atom. The van der Waals surface area contributed by atoms with Crippen LogP contribution in [0.25, 0.3) is 0 Å². The number of hydrogen-bond donors (Lipinski definition) is 1. The number of nitrogens with zero attached hydrogens (tertiary/aromatic N) is 2. The molecule has 0 saturated carbocycles. The van der Waals surface area contributed by atoms with Crippen LogP contribution in [-0.4, -0.2) is 10.6 Å². The number of benzene rings is 1. The summed E-state index contributed by atoms with van der Waals surface area (Å²) in [6.45, 7) is 4.18. The molecule has 3 nitrogen and oxygen atoms in total. The summed E-state index contributed by atoms with van der Waals surface area (Å²) in [6.07, 6.45) is 3.45. The predicted molar refractivity (Wildman–Crippen MR) is 63.4 cm³/mol. The quantitative estimate of drug-likeness (QED) is 0.826. The van der Waals surface area contributed by atoms with E-state index >= 15 is 0 Å². The van der Waals surface area contributed by atoms with E-state index in [1.165, 1.54) is 0 Å². The second kappa shape index (κ2) is 4.08. The van der Waals surface area contributed by atoms with Crippen LogP contribution in [0.1, 0.15) is 25.8 Å². The van der Waals surface area contributed by atoms with Crippen molar-refractivity contribution in [3.63, 3.8) is 0 Å². The Hall–Kier alpha value is -1.64. The van der Waals surface area contributed by atoms with Crippen molar-refractivity contribution in [3.8, 4) is 5.75 Å². The summed E-state index contributed by atoms with van der Waals surface area (Å²) in [6, 6.07) is 7.41. The molecular formula is C13H16N2O. The highest BCUT2D eigenvalue weighted by Crippen LogP contribution is 2.34. The number of hydrogen-bond acceptors (Lipinski definition) is 3. The fraction of sp³-hybridized carbons (Fsp3) is 0.385. The molecule has 84 valence electrons. The highest BCUT2D eigenvalue weighted by molar-refractivity contribution is 5.38. The third kappa shape index (κ3) is 1.85. The lowest BCUT2D eigenvalue weighted by atomic mass is 9.87. The zero-order chi connectivity index (χ0) is 11.6. The first kappa shape index (κ1) is 10.9. The van der Waals surface area contributed by atoms with Gasteiger partial charge in [-0.25, -0.2) is 0 Å². The fourth-order valence-corrected chi connectivity index (χ4v) is 1.83. The van der Waals surface area contributed by atoms with Gasteiger partial charge in [-0.1, -0.05) is 25.1 Å². The van der Waals surface area contributed by atoms with Crippen LogP contribution < -0.4 is 0 Å². The van der Waals surface area contributed by atoms with Gasteiger partial charge in [0.2, 0.25) is 0 Å². The Bertz CT molecular complexity index is 451. The summed E-state index contributed by atoms with van der Waals surface area (Å²) in [5.41, 5.74) is 1.90. The van der Waals surface area contributed by atoms with Crippen LogP contribution in [0.15, 0.2) is 46.3 Å². The molecule has 3 heteroatoms. The summed E-state index contributed by atoms with van der Waals surface area (Å²) in [7, 11) is 0. The molecule has 0 radical (unpaired) electrons. The molecule has 1 heterocycles. The van der Waals surface area contributed by atoms with Gasteiger partial charge in [0, 0.05) is 6.42 Å². The Balaban J connectivity index is 2.21. The maximum absolute atomic E-state index is 9.73. The summed E-state index contributed by atoms with van der Waals surface area (Å²) in [5, 5.41) is 18.0. The van der Waals surface area contributed by atoms with Crippen LogP contribution in [0.3, 0.4) is 0 Å². The van der Waals surface area contributed by atoms with Gasteiger partial charge in [0.1, 0.15) is 11.3 Å². The molecule has 0 unspecified atom stereocenters. The predicted octanol–water partition coefficient (Wildman–Crippen LogP) is 3.45. The van der Waals surface area contributed by atoms with Gasteiger partial charge in [0.05, 0.1) is 6.20 Å². The van der Waals surface area contributed by atoms with E-state index in [4.69, 9.17) is 0 Å². The van der Waals surface area contributed by atoms with Crippen molar-refractivity contribution in [2.75, 3.05) is 0 Å². The first-order chi connectivity index (χ1) is 7.65. The highest BCUT2D eigenvalue weighted by atomic mass is 16.3. The number of phenolic OH excluding ortho intramolecular Hbond substituents is 1. The van der Waals surface area contributed by atoms with E-state index in [-0.39, 0.29) is 5.54 Å². The van der Waals surface area contributed by atoms with E-state index in [9.17, 15) is 5.11 Å². The van der Waals surface area contributed by atoms with E-state index < -0.39 is 0 Å². The molecule has 1 aliphatic rings. The van der Waals surface area contributed by atoms with Crippen LogP contribution >= 0.6 is 0 Å². The number of rotatable bonds is 3. The summed E-state index contributed by atoms with van der Waals surface area (Å²) >= 11 is 0. The van der Waals surface area contributed by atoms with Gasteiger partial charge in [-0.15, -0.1) is 0 Å². The van der Waals surface area contributed by atoms with Gasteiger partial charge in [0.15, 0.2) is 0 Å². The molecule has 1 N–H and O–H groups in total. The third-order valence-corrected chi connectivity index (χ3v) is 3.24. The standard InChI is InChI=1S/C13H16N2O/c1-3-13(2)11(9-14-15-13)8-10-6-4-5-7-12(10)16/h4-7,9,16H,3,8H2,1-2H3/t13-/m0/s1. The molecule has 16 heavy (non-hydrogen) atoms. The van der Waals surface area contributed by atoms with Crippen LogP contribution in [0.4, 0.5) is 0 Å². The Morgan fingerprint density at radius 1 is 1.31 bits per heavy atom. The monoisotopic (exact) mass is 216 g/mol. The maximum atomic E-state index is 9.73. The Labute approximate surface area is 95.5 Å². The molecule has 0 bridgehead atoms. The van der Waals surface area contributed by atoms with E-state index in [1.807, 2.05) is 24.4 Å². The minimum absolute atomic E-state index is 0.192. The van der Waals surface area contributed by atoms with Gasteiger partial charge in [-0.2, -0.15) is 10.2 Å². The van der Waals surface area contributed by atoms with Crippen molar-refractivity contribution in [1.82, 2.24) is 0 Å². The lowest BCUT2D eigenvalue weighted by molar-refractivity contribution is 0.465. The molecule has 0 aliphatic carbocycles. The minimum Gasteiger partial charge on any atom is -0.508 e. The third-order valence-electron chi connectivity index (χ3n) is 3.24. The van der Waals surface area contributed by atoms with Gasteiger partial charge >= 0.3 is 0 Å². The molecule has 0 spiro atoms. The topological polar surface area (TPSA) is 45.0 Å². The van der Waals surface area contributed by atoms with E-state index in [0.717, 1.165) is 17.6 Å². The number of para-hydroxylation sites is 1. The average molecular weight is 216 g/mol. The molecule has 0 saturated heterocycles. The van der Waals surface area contributed by atoms with Gasteiger partial charge in [-0.05, 0) is 30.5 Å². The molecule has 0 fully saturated rings. The molecule has 0 aromatic heterocycles. The van der Waals surface area contributed by atoms with Crippen molar-refractivity contribution in [2.24, 2.45) is 10.2 Å². The number of phenols is 1. The Morgan fingerprint density at radius 2 is 2.06 bits per heavy atom. The molecular weight excluding hydrogens is 200 g/mol. The van der Waals surface area contributed by atoms with E-state index in [2.05, 4.69) is 24.1 Å². The molecule has 1 aromatic rings. The van der Waals surface area contributed by atoms with Gasteiger partial charge in [0.25, 0.3) is 0 Å².